The van der Waals surface area contributed by atoms with Gasteiger partial charge in [-0.05, 0) is 18.2 Å². The summed E-state index contributed by atoms with van der Waals surface area (Å²) in [6, 6.07) is 3.34. The molecule has 2 rings (SSSR count). The van der Waals surface area contributed by atoms with Gasteiger partial charge in [-0.25, -0.2) is 4.98 Å². The highest BCUT2D eigenvalue weighted by Crippen LogP contribution is 2.33. The van der Waals surface area contributed by atoms with Crippen molar-refractivity contribution in [3.05, 3.63) is 36.2 Å². The largest absolute Gasteiger partial charge is 0.416 e. The van der Waals surface area contributed by atoms with Gasteiger partial charge in [0.1, 0.15) is 5.82 Å². The van der Waals surface area contributed by atoms with Crippen LogP contribution in [0.2, 0.25) is 0 Å². The number of benzene rings is 1. The zero-order chi connectivity index (χ0) is 11.8. The van der Waals surface area contributed by atoms with Crippen molar-refractivity contribution in [1.82, 2.24) is 9.97 Å². The van der Waals surface area contributed by atoms with Crippen molar-refractivity contribution in [3.8, 4) is 11.4 Å². The fourth-order valence-electron chi connectivity index (χ4n) is 1.38. The highest BCUT2D eigenvalue weighted by molar-refractivity contribution is 5.63. The van der Waals surface area contributed by atoms with E-state index in [-0.39, 0.29) is 5.69 Å². The number of anilines is 1. The SMILES string of the molecule is Nc1cc(-c2ncc[nH]2)cc(C(F)(F)F)c1. The summed E-state index contributed by atoms with van der Waals surface area (Å²) in [6.07, 6.45) is -1.41. The molecular weight excluding hydrogens is 219 g/mol. The molecular formula is C10H8F3N3. The summed E-state index contributed by atoms with van der Waals surface area (Å²) < 4.78 is 37.5. The zero-order valence-electron chi connectivity index (χ0n) is 8.05. The van der Waals surface area contributed by atoms with E-state index in [1.807, 2.05) is 0 Å². The lowest BCUT2D eigenvalue weighted by Crippen LogP contribution is -2.06. The number of hydrogen-bond donors (Lipinski definition) is 2. The number of halogens is 3. The first kappa shape index (κ1) is 10.5. The molecule has 0 aliphatic carbocycles. The van der Waals surface area contributed by atoms with Crippen LogP contribution in [-0.2, 0) is 6.18 Å². The Morgan fingerprint density at radius 3 is 2.50 bits per heavy atom. The molecule has 0 radical (unpaired) electrons. The summed E-state index contributed by atoms with van der Waals surface area (Å²) >= 11 is 0. The first-order valence-corrected chi connectivity index (χ1v) is 4.44. The summed E-state index contributed by atoms with van der Waals surface area (Å²) in [5.74, 6) is 0.359. The summed E-state index contributed by atoms with van der Waals surface area (Å²) in [5, 5.41) is 0. The van der Waals surface area contributed by atoms with Crippen LogP contribution in [0, 0.1) is 0 Å². The molecule has 0 saturated heterocycles. The Morgan fingerprint density at radius 2 is 1.94 bits per heavy atom. The van der Waals surface area contributed by atoms with Gasteiger partial charge in [0.25, 0.3) is 0 Å². The summed E-state index contributed by atoms with van der Waals surface area (Å²) in [4.78, 5) is 6.60. The molecule has 0 aliphatic heterocycles. The number of rotatable bonds is 1. The summed E-state index contributed by atoms with van der Waals surface area (Å²) in [7, 11) is 0. The number of nitrogens with one attached hydrogen (secondary N) is 1. The van der Waals surface area contributed by atoms with Crippen LogP contribution in [0.4, 0.5) is 18.9 Å². The highest BCUT2D eigenvalue weighted by atomic mass is 19.4. The lowest BCUT2D eigenvalue weighted by atomic mass is 10.1. The van der Waals surface area contributed by atoms with E-state index in [1.165, 1.54) is 18.5 Å². The quantitative estimate of drug-likeness (QED) is 0.736. The van der Waals surface area contributed by atoms with E-state index >= 15 is 0 Å². The van der Waals surface area contributed by atoms with Gasteiger partial charge in [-0.1, -0.05) is 0 Å². The molecule has 1 aromatic carbocycles. The number of nitrogens with two attached hydrogens (primary N) is 1. The van der Waals surface area contributed by atoms with Gasteiger partial charge in [0.2, 0.25) is 0 Å². The predicted octanol–water partition coefficient (Wildman–Crippen LogP) is 2.68. The predicted molar refractivity (Wildman–Crippen MR) is 53.4 cm³/mol. The maximum Gasteiger partial charge on any atom is 0.416 e. The van der Waals surface area contributed by atoms with Crippen molar-refractivity contribution in [3.63, 3.8) is 0 Å². The Labute approximate surface area is 89.1 Å². The van der Waals surface area contributed by atoms with Crippen molar-refractivity contribution in [2.24, 2.45) is 0 Å². The summed E-state index contributed by atoms with van der Waals surface area (Å²) in [6.45, 7) is 0. The van der Waals surface area contributed by atoms with E-state index in [1.54, 1.807) is 0 Å². The fourth-order valence-corrected chi connectivity index (χ4v) is 1.38. The van der Waals surface area contributed by atoms with Gasteiger partial charge in [-0.15, -0.1) is 0 Å². The number of nitrogen functional groups attached to an aromatic ring is 1. The molecule has 3 N–H and O–H groups in total. The van der Waals surface area contributed by atoms with E-state index in [9.17, 15) is 13.2 Å². The maximum atomic E-state index is 12.5. The van der Waals surface area contributed by atoms with Gasteiger partial charge in [-0.3, -0.25) is 0 Å². The number of hydrogen-bond acceptors (Lipinski definition) is 2. The van der Waals surface area contributed by atoms with Crippen molar-refractivity contribution >= 4 is 5.69 Å². The molecule has 0 fully saturated rings. The van der Waals surface area contributed by atoms with Crippen LogP contribution >= 0.6 is 0 Å². The number of alkyl halides is 3. The molecule has 6 heteroatoms. The third-order valence-electron chi connectivity index (χ3n) is 2.05. The van der Waals surface area contributed by atoms with Crippen molar-refractivity contribution in [2.75, 3.05) is 5.73 Å². The molecule has 1 heterocycles. The molecule has 84 valence electrons. The normalized spacial score (nSPS) is 11.7. The molecule has 0 bridgehead atoms. The third-order valence-corrected chi connectivity index (χ3v) is 2.05. The second-order valence-corrected chi connectivity index (χ2v) is 3.28. The Balaban J connectivity index is 2.53. The zero-order valence-corrected chi connectivity index (χ0v) is 8.05. The lowest BCUT2D eigenvalue weighted by Gasteiger charge is -2.09. The molecule has 0 unspecified atom stereocenters. The molecule has 2 aromatic rings. The van der Waals surface area contributed by atoms with Crippen molar-refractivity contribution in [2.45, 2.75) is 6.18 Å². The monoisotopic (exact) mass is 227 g/mol. The number of aromatic nitrogens is 2. The average molecular weight is 227 g/mol. The van der Waals surface area contributed by atoms with Crippen LogP contribution in [0.15, 0.2) is 30.6 Å². The van der Waals surface area contributed by atoms with E-state index in [2.05, 4.69) is 9.97 Å². The Bertz CT molecular complexity index is 489. The minimum absolute atomic E-state index is 0.0567. The Kier molecular flexibility index (Phi) is 2.34. The molecule has 0 spiro atoms. The topological polar surface area (TPSA) is 54.7 Å². The fraction of sp³-hybridized carbons (Fsp3) is 0.100. The molecule has 0 amide bonds. The van der Waals surface area contributed by atoms with Gasteiger partial charge in [-0.2, -0.15) is 13.2 Å². The lowest BCUT2D eigenvalue weighted by molar-refractivity contribution is -0.137. The Morgan fingerprint density at radius 1 is 1.19 bits per heavy atom. The van der Waals surface area contributed by atoms with Gasteiger partial charge >= 0.3 is 6.18 Å². The standard InChI is InChI=1S/C10H8F3N3/c11-10(12,13)7-3-6(4-8(14)5-7)9-15-1-2-16-9/h1-5H,14H2,(H,15,16). The highest BCUT2D eigenvalue weighted by Gasteiger charge is 2.31. The molecule has 3 nitrogen and oxygen atoms in total. The van der Waals surface area contributed by atoms with Crippen LogP contribution in [0.1, 0.15) is 5.56 Å². The number of imidazole rings is 1. The molecule has 0 atom stereocenters. The van der Waals surface area contributed by atoms with E-state index < -0.39 is 11.7 Å². The van der Waals surface area contributed by atoms with E-state index in [0.29, 0.717) is 11.4 Å². The first-order valence-electron chi connectivity index (χ1n) is 4.44. The molecule has 16 heavy (non-hydrogen) atoms. The van der Waals surface area contributed by atoms with Gasteiger partial charge in [0, 0.05) is 23.6 Å². The number of aromatic amines is 1. The van der Waals surface area contributed by atoms with Gasteiger partial charge < -0.3 is 10.7 Å². The van der Waals surface area contributed by atoms with Crippen LogP contribution in [0.3, 0.4) is 0 Å². The van der Waals surface area contributed by atoms with Crippen LogP contribution in [0.25, 0.3) is 11.4 Å². The minimum Gasteiger partial charge on any atom is -0.399 e. The van der Waals surface area contributed by atoms with Gasteiger partial charge in [0.05, 0.1) is 5.56 Å². The average Bonchev–Trinajstić information content (AvgIpc) is 2.68. The minimum atomic E-state index is -4.41. The number of nitrogens with zero attached hydrogens (tertiary/aromatic N) is 1. The second kappa shape index (κ2) is 3.55. The first-order chi connectivity index (χ1) is 7.47. The second-order valence-electron chi connectivity index (χ2n) is 3.28. The summed E-state index contributed by atoms with van der Waals surface area (Å²) in [5.41, 5.74) is 5.02. The van der Waals surface area contributed by atoms with Crippen molar-refractivity contribution in [1.29, 1.82) is 0 Å². The third kappa shape index (κ3) is 2.00. The van der Waals surface area contributed by atoms with Gasteiger partial charge in [0.15, 0.2) is 0 Å². The van der Waals surface area contributed by atoms with E-state index in [4.69, 9.17) is 5.73 Å². The molecule has 0 aliphatic rings. The van der Waals surface area contributed by atoms with E-state index in [0.717, 1.165) is 12.1 Å². The molecule has 0 saturated carbocycles. The van der Waals surface area contributed by atoms with Crippen LogP contribution < -0.4 is 5.73 Å². The maximum absolute atomic E-state index is 12.5. The Hall–Kier alpha value is -1.98. The van der Waals surface area contributed by atoms with Crippen molar-refractivity contribution < 1.29 is 13.2 Å². The van der Waals surface area contributed by atoms with Crippen LogP contribution in [-0.4, -0.2) is 9.97 Å². The molecule has 1 aromatic heterocycles. The smallest absolute Gasteiger partial charge is 0.399 e. The number of H-pyrrole nitrogens is 1. The van der Waals surface area contributed by atoms with Crippen LogP contribution in [0.5, 0.6) is 0 Å².